The van der Waals surface area contributed by atoms with Crippen LogP contribution in [-0.2, 0) is 19.6 Å². The fourth-order valence-corrected chi connectivity index (χ4v) is 3.03. The first-order valence-corrected chi connectivity index (χ1v) is 8.38. The van der Waals surface area contributed by atoms with Crippen LogP contribution in [0, 0.1) is 5.92 Å². The van der Waals surface area contributed by atoms with Gasteiger partial charge < -0.3 is 10.6 Å². The van der Waals surface area contributed by atoms with Crippen LogP contribution in [0.5, 0.6) is 0 Å². The minimum atomic E-state index is -3.65. The number of hydrogen-bond donors (Lipinski definition) is 3. The van der Waals surface area contributed by atoms with Crippen molar-refractivity contribution in [2.45, 2.75) is 30.8 Å². The van der Waals surface area contributed by atoms with E-state index < -0.39 is 21.5 Å². The number of sulfonamides is 1. The van der Waals surface area contributed by atoms with Crippen LogP contribution in [0.25, 0.3) is 0 Å². The van der Waals surface area contributed by atoms with Crippen LogP contribution in [0.3, 0.4) is 0 Å². The number of amides is 2. The van der Waals surface area contributed by atoms with Crippen molar-refractivity contribution < 1.29 is 18.0 Å². The van der Waals surface area contributed by atoms with Crippen LogP contribution in [0.4, 0.5) is 0 Å². The molecule has 7 nitrogen and oxygen atoms in total. The lowest BCUT2D eigenvalue weighted by Gasteiger charge is -2.20. The van der Waals surface area contributed by atoms with Crippen LogP contribution in [0.2, 0.25) is 0 Å². The zero-order chi connectivity index (χ0) is 15.0. The van der Waals surface area contributed by atoms with Crippen molar-refractivity contribution in [3.63, 3.8) is 0 Å². The third-order valence-electron chi connectivity index (χ3n) is 3.71. The van der Waals surface area contributed by atoms with Gasteiger partial charge in [-0.15, -0.1) is 6.58 Å². The number of carbonyl (C=O) groups excluding carboxylic acids is 2. The Hall–Kier alpha value is -1.41. The molecule has 1 saturated heterocycles. The summed E-state index contributed by atoms with van der Waals surface area (Å²) >= 11 is 0. The van der Waals surface area contributed by atoms with Gasteiger partial charge in [-0.1, -0.05) is 6.08 Å². The van der Waals surface area contributed by atoms with E-state index in [1.54, 1.807) is 6.08 Å². The van der Waals surface area contributed by atoms with Crippen LogP contribution in [0.15, 0.2) is 12.7 Å². The highest BCUT2D eigenvalue weighted by Crippen LogP contribution is 2.44. The van der Waals surface area contributed by atoms with Crippen molar-refractivity contribution in [1.82, 2.24) is 15.4 Å². The van der Waals surface area contributed by atoms with Crippen molar-refractivity contribution in [2.75, 3.05) is 12.8 Å². The monoisotopic (exact) mass is 301 g/mol. The second-order valence-electron chi connectivity index (χ2n) is 5.36. The topological polar surface area (TPSA) is 104 Å². The van der Waals surface area contributed by atoms with E-state index >= 15 is 0 Å². The van der Waals surface area contributed by atoms with Gasteiger partial charge in [0.2, 0.25) is 15.9 Å². The van der Waals surface area contributed by atoms with Gasteiger partial charge in [0.1, 0.15) is 5.54 Å². The quantitative estimate of drug-likeness (QED) is 0.558. The Balaban J connectivity index is 2.08. The molecule has 8 heteroatoms. The van der Waals surface area contributed by atoms with Gasteiger partial charge in [-0.2, -0.15) is 0 Å². The number of rotatable bonds is 5. The van der Waals surface area contributed by atoms with Gasteiger partial charge in [-0.25, -0.2) is 8.42 Å². The summed E-state index contributed by atoms with van der Waals surface area (Å²) in [7, 11) is -3.65. The average Bonchev–Trinajstić information content (AvgIpc) is 2.81. The predicted molar refractivity (Wildman–Crippen MR) is 73.2 cm³/mol. The Labute approximate surface area is 118 Å². The molecular formula is C12H19N3O4S. The molecule has 3 N–H and O–H groups in total. The second kappa shape index (κ2) is 5.17. The second-order valence-corrected chi connectivity index (χ2v) is 7.11. The SMILES string of the molecule is C=CC1C[C@]1(NC(=O)C1CCCN1)C(=O)NS(C)(=O)=O. The van der Waals surface area contributed by atoms with E-state index in [0.29, 0.717) is 12.8 Å². The number of hydrogen-bond acceptors (Lipinski definition) is 5. The molecule has 0 spiro atoms. The molecule has 0 radical (unpaired) electrons. The summed E-state index contributed by atoms with van der Waals surface area (Å²) in [4.78, 5) is 24.2. The van der Waals surface area contributed by atoms with Crippen LogP contribution in [-0.4, -0.2) is 44.6 Å². The molecule has 0 aromatic rings. The van der Waals surface area contributed by atoms with Gasteiger partial charge >= 0.3 is 0 Å². The maximum absolute atomic E-state index is 12.1. The summed E-state index contributed by atoms with van der Waals surface area (Å²) in [5.41, 5.74) is -1.17. The third kappa shape index (κ3) is 3.01. The summed E-state index contributed by atoms with van der Waals surface area (Å²) in [6.45, 7) is 4.37. The minimum absolute atomic E-state index is 0.241. The van der Waals surface area contributed by atoms with Gasteiger partial charge in [-0.3, -0.25) is 14.3 Å². The van der Waals surface area contributed by atoms with Gasteiger partial charge in [0.15, 0.2) is 0 Å². The van der Waals surface area contributed by atoms with Gasteiger partial charge in [0, 0.05) is 5.92 Å². The van der Waals surface area contributed by atoms with E-state index in [2.05, 4.69) is 17.2 Å². The summed E-state index contributed by atoms with van der Waals surface area (Å²) < 4.78 is 24.3. The average molecular weight is 301 g/mol. The Morgan fingerprint density at radius 3 is 2.60 bits per heavy atom. The smallest absolute Gasteiger partial charge is 0.259 e. The van der Waals surface area contributed by atoms with E-state index in [1.807, 2.05) is 4.72 Å². The zero-order valence-electron chi connectivity index (χ0n) is 11.3. The van der Waals surface area contributed by atoms with Gasteiger partial charge in [-0.05, 0) is 25.8 Å². The maximum Gasteiger partial charge on any atom is 0.259 e. The fourth-order valence-electron chi connectivity index (χ4n) is 2.51. The molecule has 20 heavy (non-hydrogen) atoms. The molecule has 3 atom stereocenters. The lowest BCUT2D eigenvalue weighted by atomic mass is 10.1. The van der Waals surface area contributed by atoms with E-state index in [-0.39, 0.29) is 17.9 Å². The highest BCUT2D eigenvalue weighted by atomic mass is 32.2. The Kier molecular flexibility index (Phi) is 3.88. The zero-order valence-corrected chi connectivity index (χ0v) is 12.1. The first-order chi connectivity index (χ1) is 9.28. The summed E-state index contributed by atoms with van der Waals surface area (Å²) in [5.74, 6) is -1.21. The standard InChI is InChI=1S/C12H19N3O4S/c1-3-8-7-12(8,11(17)15-20(2,18)19)14-10(16)9-5-4-6-13-9/h3,8-9,13H,1,4-7H2,2H3,(H,14,16)(H,15,17)/t8?,9?,12-/m1/s1. The Morgan fingerprint density at radius 1 is 1.45 bits per heavy atom. The normalized spacial score (nSPS) is 32.5. The molecule has 1 aliphatic heterocycles. The van der Waals surface area contributed by atoms with Crippen molar-refractivity contribution in [3.8, 4) is 0 Å². The lowest BCUT2D eigenvalue weighted by Crippen LogP contribution is -2.55. The molecular weight excluding hydrogens is 282 g/mol. The molecule has 1 saturated carbocycles. The van der Waals surface area contributed by atoms with Crippen LogP contribution in [0.1, 0.15) is 19.3 Å². The predicted octanol–water partition coefficient (Wildman–Crippen LogP) is -1.12. The van der Waals surface area contributed by atoms with E-state index in [1.165, 1.54) is 0 Å². The van der Waals surface area contributed by atoms with Gasteiger partial charge in [0.25, 0.3) is 5.91 Å². The molecule has 112 valence electrons. The molecule has 2 aliphatic rings. The van der Waals surface area contributed by atoms with Crippen LogP contribution >= 0.6 is 0 Å². The highest BCUT2D eigenvalue weighted by molar-refractivity contribution is 7.89. The highest BCUT2D eigenvalue weighted by Gasteiger charge is 2.60. The summed E-state index contributed by atoms with van der Waals surface area (Å²) in [6, 6.07) is -0.316. The first-order valence-electron chi connectivity index (χ1n) is 6.49. The van der Waals surface area contributed by atoms with Crippen molar-refractivity contribution >= 4 is 21.8 Å². The molecule has 1 heterocycles. The Bertz CT molecular complexity index is 539. The van der Waals surface area contributed by atoms with Crippen molar-refractivity contribution in [3.05, 3.63) is 12.7 Å². The number of nitrogens with one attached hydrogen (secondary N) is 3. The molecule has 0 aromatic heterocycles. The molecule has 2 unspecified atom stereocenters. The van der Waals surface area contributed by atoms with Crippen molar-refractivity contribution in [2.24, 2.45) is 5.92 Å². The lowest BCUT2D eigenvalue weighted by molar-refractivity contribution is -0.130. The molecule has 1 aliphatic carbocycles. The van der Waals surface area contributed by atoms with E-state index in [0.717, 1.165) is 19.2 Å². The van der Waals surface area contributed by atoms with Gasteiger partial charge in [0.05, 0.1) is 12.3 Å². The fraction of sp³-hybridized carbons (Fsp3) is 0.667. The molecule has 0 bridgehead atoms. The largest absolute Gasteiger partial charge is 0.340 e. The van der Waals surface area contributed by atoms with E-state index in [9.17, 15) is 18.0 Å². The molecule has 2 amide bonds. The van der Waals surface area contributed by atoms with Crippen molar-refractivity contribution in [1.29, 1.82) is 0 Å². The summed E-state index contributed by atoms with van der Waals surface area (Å²) in [5, 5.41) is 5.72. The maximum atomic E-state index is 12.1. The minimum Gasteiger partial charge on any atom is -0.340 e. The molecule has 0 aromatic carbocycles. The van der Waals surface area contributed by atoms with Crippen LogP contribution < -0.4 is 15.4 Å². The van der Waals surface area contributed by atoms with E-state index in [4.69, 9.17) is 0 Å². The third-order valence-corrected chi connectivity index (χ3v) is 4.26. The molecule has 2 fully saturated rings. The number of carbonyl (C=O) groups is 2. The molecule has 2 rings (SSSR count). The first kappa shape index (κ1) is 15.0. The summed E-state index contributed by atoms with van der Waals surface area (Å²) in [6.07, 6.45) is 4.46. The Morgan fingerprint density at radius 2 is 2.15 bits per heavy atom.